The fourth-order valence-corrected chi connectivity index (χ4v) is 6.65. The molecule has 1 saturated heterocycles. The van der Waals surface area contributed by atoms with E-state index in [1.54, 1.807) is 0 Å². The normalized spacial score (nSPS) is 23.8. The zero-order valence-electron chi connectivity index (χ0n) is 21.3. The van der Waals surface area contributed by atoms with Crippen molar-refractivity contribution in [3.63, 3.8) is 0 Å². The van der Waals surface area contributed by atoms with Gasteiger partial charge >= 0.3 is 0 Å². The van der Waals surface area contributed by atoms with E-state index in [1.807, 2.05) is 19.1 Å². The molecular weight excluding hydrogens is 434 g/mol. The summed E-state index contributed by atoms with van der Waals surface area (Å²) in [5, 5.41) is 6.60. The van der Waals surface area contributed by atoms with E-state index in [1.165, 1.54) is 31.4 Å². The summed E-state index contributed by atoms with van der Waals surface area (Å²) in [6, 6.07) is 6.70. The Labute approximate surface area is 209 Å². The first kappa shape index (κ1) is 24.1. The maximum Gasteiger partial charge on any atom is 0.251 e. The van der Waals surface area contributed by atoms with Crippen LogP contribution in [0.1, 0.15) is 74.7 Å². The van der Waals surface area contributed by atoms with Gasteiger partial charge in [-0.25, -0.2) is 0 Å². The molecule has 1 saturated carbocycles. The number of nitrogens with one attached hydrogen (secondary N) is 2. The summed E-state index contributed by atoms with van der Waals surface area (Å²) in [5.41, 5.74) is 6.50. The summed E-state index contributed by atoms with van der Waals surface area (Å²) < 4.78 is 0. The average Bonchev–Trinajstić information content (AvgIpc) is 2.82. The van der Waals surface area contributed by atoms with Crippen LogP contribution in [0, 0.1) is 5.41 Å². The molecule has 4 aliphatic rings. The van der Waals surface area contributed by atoms with E-state index < -0.39 is 0 Å². The number of piperidine rings is 1. The Morgan fingerprint density at radius 3 is 2.69 bits per heavy atom. The van der Waals surface area contributed by atoms with Crippen molar-refractivity contribution in [2.75, 3.05) is 31.1 Å². The van der Waals surface area contributed by atoms with Gasteiger partial charge in [-0.1, -0.05) is 29.9 Å². The molecule has 0 atom stereocenters. The number of rotatable bonds is 3. The predicted octanol–water partition coefficient (Wildman–Crippen LogP) is 4.88. The molecule has 2 aliphatic carbocycles. The third kappa shape index (κ3) is 4.88. The standard InChI is InChI=1S/C30H39N3O2/c1-3-33(23-18-30(19-23)12-14-31-15-13-30)27-11-7-10-25-24(27)9-6-4-5-8-22-16-21(2)17-28(34)26(22)20-32-29(25)35/h4,6-7,10-11,16,23,31H,3,5,8-9,12-15,17-20H2,1-2H3,(H,32,35)/b6-4+. The minimum absolute atomic E-state index is 0.0822. The number of fused-ring (bicyclic) bond motifs is 1. The van der Waals surface area contributed by atoms with Crippen molar-refractivity contribution in [3.8, 4) is 0 Å². The second-order valence-corrected chi connectivity index (χ2v) is 10.9. The number of anilines is 1. The first-order valence-electron chi connectivity index (χ1n) is 13.4. The summed E-state index contributed by atoms with van der Waals surface area (Å²) >= 11 is 0. The highest BCUT2D eigenvalue weighted by atomic mass is 16.2. The summed E-state index contributed by atoms with van der Waals surface area (Å²) in [5.74, 6) is 0.0607. The van der Waals surface area contributed by atoms with Crippen LogP contribution in [0.15, 0.2) is 53.1 Å². The molecule has 1 amide bonds. The van der Waals surface area contributed by atoms with Gasteiger partial charge in [0.15, 0.2) is 5.78 Å². The van der Waals surface area contributed by atoms with Crippen LogP contribution >= 0.6 is 0 Å². The summed E-state index contributed by atoms with van der Waals surface area (Å²) in [7, 11) is 0. The molecule has 2 aliphatic heterocycles. The number of allylic oxidation sites excluding steroid dienone is 5. The lowest BCUT2D eigenvalue weighted by Gasteiger charge is -2.54. The van der Waals surface area contributed by atoms with Gasteiger partial charge in [0.25, 0.3) is 5.91 Å². The van der Waals surface area contributed by atoms with E-state index in [-0.39, 0.29) is 11.7 Å². The molecule has 1 aromatic carbocycles. The van der Waals surface area contributed by atoms with Crippen LogP contribution in [-0.2, 0) is 11.2 Å². The largest absolute Gasteiger partial charge is 0.369 e. The van der Waals surface area contributed by atoms with E-state index in [4.69, 9.17) is 0 Å². The summed E-state index contributed by atoms with van der Waals surface area (Å²) in [6.45, 7) is 7.77. The van der Waals surface area contributed by atoms with Crippen LogP contribution in [-0.4, -0.2) is 43.9 Å². The Morgan fingerprint density at radius 2 is 1.91 bits per heavy atom. The molecule has 0 aromatic heterocycles. The van der Waals surface area contributed by atoms with E-state index in [2.05, 4.69) is 46.8 Å². The molecule has 0 unspecified atom stereocenters. The average molecular weight is 474 g/mol. The minimum Gasteiger partial charge on any atom is -0.369 e. The maximum atomic E-state index is 13.4. The number of nitrogens with zero attached hydrogens (tertiary/aromatic N) is 1. The molecule has 2 heterocycles. The van der Waals surface area contributed by atoms with Crippen molar-refractivity contribution in [3.05, 3.63) is 64.3 Å². The summed E-state index contributed by atoms with van der Waals surface area (Å²) in [6.07, 6.45) is 14.6. The van der Waals surface area contributed by atoms with Gasteiger partial charge in [-0.05, 0) is 101 Å². The van der Waals surface area contributed by atoms with Gasteiger partial charge in [0, 0.05) is 42.4 Å². The SMILES string of the molecule is CCN(c1cccc2c1C/C=C/CCC1=C(CNC2=O)C(=O)CC(C)=C1)C1CC2(CCNCC2)C1. The summed E-state index contributed by atoms with van der Waals surface area (Å²) in [4.78, 5) is 28.7. The van der Waals surface area contributed by atoms with Gasteiger partial charge in [-0.2, -0.15) is 0 Å². The van der Waals surface area contributed by atoms with Crippen LogP contribution in [0.5, 0.6) is 0 Å². The van der Waals surface area contributed by atoms with Crippen LogP contribution in [0.2, 0.25) is 0 Å². The van der Waals surface area contributed by atoms with Crippen molar-refractivity contribution in [1.82, 2.24) is 10.6 Å². The molecule has 1 spiro atoms. The Hall–Kier alpha value is -2.66. The Bertz CT molecular complexity index is 1080. The number of hydrogen-bond donors (Lipinski definition) is 2. The van der Waals surface area contributed by atoms with Gasteiger partial charge in [0.2, 0.25) is 0 Å². The highest BCUT2D eigenvalue weighted by Gasteiger charge is 2.46. The molecule has 186 valence electrons. The Balaban J connectivity index is 1.42. The first-order valence-corrected chi connectivity index (χ1v) is 13.4. The number of amides is 1. The molecule has 1 aromatic rings. The smallest absolute Gasteiger partial charge is 0.251 e. The van der Waals surface area contributed by atoms with E-state index in [0.29, 0.717) is 24.4 Å². The van der Waals surface area contributed by atoms with E-state index >= 15 is 0 Å². The van der Waals surface area contributed by atoms with Crippen molar-refractivity contribution in [1.29, 1.82) is 0 Å². The number of hydrogen-bond acceptors (Lipinski definition) is 4. The van der Waals surface area contributed by atoms with Crippen molar-refractivity contribution in [2.24, 2.45) is 5.41 Å². The topological polar surface area (TPSA) is 61.4 Å². The maximum absolute atomic E-state index is 13.4. The van der Waals surface area contributed by atoms with Crippen LogP contribution < -0.4 is 15.5 Å². The van der Waals surface area contributed by atoms with E-state index in [0.717, 1.165) is 66.7 Å². The van der Waals surface area contributed by atoms with Crippen molar-refractivity contribution >= 4 is 17.4 Å². The lowest BCUT2D eigenvalue weighted by molar-refractivity contribution is -0.115. The monoisotopic (exact) mass is 473 g/mol. The fourth-order valence-electron chi connectivity index (χ4n) is 6.65. The number of Topliss-reactive ketones (excluding diaryl/α,β-unsaturated/α-hetero) is 1. The predicted molar refractivity (Wildman–Crippen MR) is 142 cm³/mol. The zero-order chi connectivity index (χ0) is 24.4. The van der Waals surface area contributed by atoms with Gasteiger partial charge in [-0.3, -0.25) is 9.59 Å². The highest BCUT2D eigenvalue weighted by Crippen LogP contribution is 2.51. The third-order valence-corrected chi connectivity index (χ3v) is 8.57. The molecule has 2 fully saturated rings. The van der Waals surface area contributed by atoms with Crippen LogP contribution in [0.4, 0.5) is 5.69 Å². The quantitative estimate of drug-likeness (QED) is 0.614. The zero-order valence-corrected chi connectivity index (χ0v) is 21.3. The van der Waals surface area contributed by atoms with Gasteiger partial charge in [0.1, 0.15) is 0 Å². The molecule has 0 bridgehead atoms. The highest BCUT2D eigenvalue weighted by molar-refractivity contribution is 6.02. The first-order chi connectivity index (χ1) is 17.0. The number of ketones is 1. The Kier molecular flexibility index (Phi) is 6.97. The molecule has 5 rings (SSSR count). The van der Waals surface area contributed by atoms with Gasteiger partial charge < -0.3 is 15.5 Å². The second-order valence-electron chi connectivity index (χ2n) is 10.9. The molecule has 5 nitrogen and oxygen atoms in total. The second kappa shape index (κ2) is 10.1. The lowest BCUT2D eigenvalue weighted by atomic mass is 9.60. The number of carbonyl (C=O) groups is 2. The molecule has 0 radical (unpaired) electrons. The number of carbonyl (C=O) groups excluding carboxylic acids is 2. The number of benzene rings is 1. The van der Waals surface area contributed by atoms with Crippen LogP contribution in [0.3, 0.4) is 0 Å². The van der Waals surface area contributed by atoms with Gasteiger partial charge in [-0.15, -0.1) is 0 Å². The molecule has 35 heavy (non-hydrogen) atoms. The lowest BCUT2D eigenvalue weighted by Crippen LogP contribution is -2.54. The minimum atomic E-state index is -0.0822. The van der Waals surface area contributed by atoms with Gasteiger partial charge in [0.05, 0.1) is 0 Å². The van der Waals surface area contributed by atoms with Crippen LogP contribution in [0.25, 0.3) is 0 Å². The van der Waals surface area contributed by atoms with E-state index in [9.17, 15) is 9.59 Å². The Morgan fingerprint density at radius 1 is 1.11 bits per heavy atom. The fraction of sp³-hybridized carbons (Fsp3) is 0.533. The third-order valence-electron chi connectivity index (χ3n) is 8.57. The molecule has 5 heteroatoms. The molecule has 2 N–H and O–H groups in total. The van der Waals surface area contributed by atoms with Crippen molar-refractivity contribution < 1.29 is 9.59 Å². The van der Waals surface area contributed by atoms with Crippen molar-refractivity contribution in [2.45, 2.75) is 71.3 Å². The molecular formula is C30H39N3O2.